The summed E-state index contributed by atoms with van der Waals surface area (Å²) in [7, 11) is 0. The topological polar surface area (TPSA) is 58.1 Å². The summed E-state index contributed by atoms with van der Waals surface area (Å²) in [5, 5.41) is 7.11. The van der Waals surface area contributed by atoms with Gasteiger partial charge in [-0.3, -0.25) is 4.99 Å². The van der Waals surface area contributed by atoms with Crippen molar-refractivity contribution < 1.29 is 9.47 Å². The summed E-state index contributed by atoms with van der Waals surface area (Å²) in [5.74, 6) is 1.46. The van der Waals surface area contributed by atoms with Gasteiger partial charge in [-0.25, -0.2) is 0 Å². The van der Waals surface area contributed by atoms with Crippen LogP contribution in [0.4, 0.5) is 5.69 Å². The van der Waals surface area contributed by atoms with Gasteiger partial charge >= 0.3 is 0 Å². The number of hydrogen-bond donors (Lipinski definition) is 2. The van der Waals surface area contributed by atoms with Crippen LogP contribution >= 0.6 is 24.0 Å². The third-order valence-electron chi connectivity index (χ3n) is 5.48. The molecule has 1 aromatic carbocycles. The average molecular weight is 516 g/mol. The van der Waals surface area contributed by atoms with Crippen LogP contribution in [0.15, 0.2) is 35.3 Å². The van der Waals surface area contributed by atoms with Crippen molar-refractivity contribution in [2.75, 3.05) is 44.7 Å². The minimum Gasteiger partial charge on any atom is -0.380 e. The lowest BCUT2D eigenvalue weighted by atomic mass is 10.0. The van der Waals surface area contributed by atoms with Gasteiger partial charge < -0.3 is 25.0 Å². The number of halogens is 1. The fourth-order valence-electron chi connectivity index (χ4n) is 3.77. The molecule has 29 heavy (non-hydrogen) atoms. The van der Waals surface area contributed by atoms with Crippen LogP contribution in [0.3, 0.4) is 0 Å². The van der Waals surface area contributed by atoms with Gasteiger partial charge in [0, 0.05) is 38.0 Å². The van der Waals surface area contributed by atoms with E-state index in [1.54, 1.807) is 0 Å². The highest BCUT2D eigenvalue weighted by Gasteiger charge is 2.32. The molecule has 0 spiro atoms. The first-order valence-electron chi connectivity index (χ1n) is 10.8. The molecule has 3 atom stereocenters. The normalized spacial score (nSPS) is 23.6. The van der Waals surface area contributed by atoms with Gasteiger partial charge in [-0.05, 0) is 37.8 Å². The molecule has 7 heteroatoms. The van der Waals surface area contributed by atoms with Crippen LogP contribution in [-0.4, -0.2) is 68.5 Å². The van der Waals surface area contributed by atoms with Crippen molar-refractivity contribution in [3.05, 3.63) is 30.3 Å². The number of benzene rings is 1. The quantitative estimate of drug-likeness (QED) is 0.330. The molecule has 2 heterocycles. The molecular weight excluding hydrogens is 479 g/mol. The Morgan fingerprint density at radius 1 is 1.17 bits per heavy atom. The number of guanidine groups is 1. The number of rotatable bonds is 7. The van der Waals surface area contributed by atoms with Crippen molar-refractivity contribution in [2.24, 2.45) is 10.9 Å². The molecule has 2 fully saturated rings. The van der Waals surface area contributed by atoms with E-state index in [1.807, 2.05) is 6.07 Å². The molecule has 6 nitrogen and oxygen atoms in total. The van der Waals surface area contributed by atoms with E-state index in [2.05, 4.69) is 60.6 Å². The number of anilines is 1. The van der Waals surface area contributed by atoms with Crippen molar-refractivity contribution in [2.45, 2.75) is 51.9 Å². The molecule has 0 saturated carbocycles. The molecule has 0 bridgehead atoms. The van der Waals surface area contributed by atoms with E-state index in [-0.39, 0.29) is 42.2 Å². The van der Waals surface area contributed by atoms with Crippen LogP contribution < -0.4 is 10.6 Å². The summed E-state index contributed by atoms with van der Waals surface area (Å²) in [6.07, 6.45) is 2.61. The second kappa shape index (κ2) is 12.6. The van der Waals surface area contributed by atoms with Gasteiger partial charge in [0.15, 0.2) is 5.96 Å². The minimum atomic E-state index is 0. The van der Waals surface area contributed by atoms with Crippen molar-refractivity contribution in [3.63, 3.8) is 0 Å². The monoisotopic (exact) mass is 516 g/mol. The number of hydrogen-bond acceptors (Lipinski definition) is 4. The Morgan fingerprint density at radius 2 is 1.93 bits per heavy atom. The van der Waals surface area contributed by atoms with Crippen LogP contribution in [0.25, 0.3) is 0 Å². The zero-order valence-electron chi connectivity index (χ0n) is 18.0. The third-order valence-corrected chi connectivity index (χ3v) is 5.48. The zero-order chi connectivity index (χ0) is 19.8. The van der Waals surface area contributed by atoms with Crippen LogP contribution in [0.1, 0.15) is 33.6 Å². The standard InChI is InChI=1S/C22H36N4O2.HI/c1-4-23-22(26-12-14-28-21(16-26)20-11-8-13-27-20)24-15-19(17(2)3)25-18-9-6-5-7-10-18;/h5-7,9-10,17,19-21,25H,4,8,11-16H2,1-3H3,(H,23,24);1H. The first kappa shape index (κ1) is 24.2. The Morgan fingerprint density at radius 3 is 2.59 bits per heavy atom. The molecule has 0 amide bonds. The lowest BCUT2D eigenvalue weighted by Gasteiger charge is -2.37. The molecule has 3 unspecified atom stereocenters. The van der Waals surface area contributed by atoms with Crippen LogP contribution in [0, 0.1) is 5.92 Å². The highest BCUT2D eigenvalue weighted by molar-refractivity contribution is 14.0. The number of para-hydroxylation sites is 1. The largest absolute Gasteiger partial charge is 0.380 e. The summed E-state index contributed by atoms with van der Waals surface area (Å²) >= 11 is 0. The fraction of sp³-hybridized carbons (Fsp3) is 0.682. The molecule has 2 aliphatic heterocycles. The van der Waals surface area contributed by atoms with Gasteiger partial charge in [-0.2, -0.15) is 0 Å². The second-order valence-electron chi connectivity index (χ2n) is 7.96. The summed E-state index contributed by atoms with van der Waals surface area (Å²) in [6.45, 7) is 11.5. The van der Waals surface area contributed by atoms with E-state index in [9.17, 15) is 0 Å². The van der Waals surface area contributed by atoms with Crippen molar-refractivity contribution in [3.8, 4) is 0 Å². The number of nitrogens with one attached hydrogen (secondary N) is 2. The Bertz CT molecular complexity index is 608. The lowest BCUT2D eigenvalue weighted by molar-refractivity contribution is -0.0817. The highest BCUT2D eigenvalue weighted by atomic mass is 127. The van der Waals surface area contributed by atoms with Crippen molar-refractivity contribution >= 4 is 35.6 Å². The molecule has 2 saturated heterocycles. The molecule has 3 rings (SSSR count). The van der Waals surface area contributed by atoms with Crippen LogP contribution in [0.2, 0.25) is 0 Å². The summed E-state index contributed by atoms with van der Waals surface area (Å²) in [6, 6.07) is 10.7. The first-order chi connectivity index (χ1) is 13.7. The first-order valence-corrected chi connectivity index (χ1v) is 10.8. The molecule has 2 aliphatic rings. The number of morpholine rings is 1. The van der Waals surface area contributed by atoms with E-state index < -0.39 is 0 Å². The Balaban J connectivity index is 0.00000300. The number of nitrogens with zero attached hydrogens (tertiary/aromatic N) is 2. The van der Waals surface area contributed by atoms with Gasteiger partial charge in [-0.1, -0.05) is 32.0 Å². The van der Waals surface area contributed by atoms with E-state index in [0.29, 0.717) is 5.92 Å². The highest BCUT2D eigenvalue weighted by Crippen LogP contribution is 2.21. The lowest BCUT2D eigenvalue weighted by Crippen LogP contribution is -2.53. The minimum absolute atomic E-state index is 0. The van der Waals surface area contributed by atoms with Gasteiger partial charge in [0.05, 0.1) is 19.3 Å². The fourth-order valence-corrected chi connectivity index (χ4v) is 3.77. The van der Waals surface area contributed by atoms with Gasteiger partial charge in [-0.15, -0.1) is 24.0 Å². The second-order valence-corrected chi connectivity index (χ2v) is 7.96. The van der Waals surface area contributed by atoms with Gasteiger partial charge in [0.25, 0.3) is 0 Å². The number of aliphatic imine (C=N–C) groups is 1. The molecule has 0 radical (unpaired) electrons. The van der Waals surface area contributed by atoms with E-state index >= 15 is 0 Å². The summed E-state index contributed by atoms with van der Waals surface area (Å²) in [5.41, 5.74) is 1.14. The van der Waals surface area contributed by atoms with E-state index in [4.69, 9.17) is 14.5 Å². The smallest absolute Gasteiger partial charge is 0.194 e. The third kappa shape index (κ3) is 7.29. The maximum absolute atomic E-state index is 6.00. The summed E-state index contributed by atoms with van der Waals surface area (Å²) < 4.78 is 11.9. The van der Waals surface area contributed by atoms with Crippen LogP contribution in [-0.2, 0) is 9.47 Å². The molecule has 164 valence electrons. The zero-order valence-corrected chi connectivity index (χ0v) is 20.3. The molecule has 1 aromatic rings. The number of ether oxygens (including phenoxy) is 2. The van der Waals surface area contributed by atoms with E-state index in [0.717, 1.165) is 63.9 Å². The van der Waals surface area contributed by atoms with Gasteiger partial charge in [0.2, 0.25) is 0 Å². The molecule has 0 aromatic heterocycles. The Hall–Kier alpha value is -1.06. The average Bonchev–Trinajstić information content (AvgIpc) is 3.26. The molecule has 2 N–H and O–H groups in total. The van der Waals surface area contributed by atoms with Gasteiger partial charge in [0.1, 0.15) is 6.10 Å². The van der Waals surface area contributed by atoms with Crippen molar-refractivity contribution in [1.29, 1.82) is 0 Å². The maximum Gasteiger partial charge on any atom is 0.194 e. The predicted molar refractivity (Wildman–Crippen MR) is 130 cm³/mol. The summed E-state index contributed by atoms with van der Waals surface area (Å²) in [4.78, 5) is 7.32. The van der Waals surface area contributed by atoms with Crippen LogP contribution in [0.5, 0.6) is 0 Å². The maximum atomic E-state index is 6.00. The SMILES string of the molecule is CCNC(=NCC(Nc1ccccc1)C(C)C)N1CCOC(C2CCCO2)C1.I. The molecular formula is C22H37IN4O2. The molecule has 0 aliphatic carbocycles. The van der Waals surface area contributed by atoms with Crippen molar-refractivity contribution in [1.82, 2.24) is 10.2 Å². The van der Waals surface area contributed by atoms with E-state index in [1.165, 1.54) is 0 Å². The Kier molecular flexibility index (Phi) is 10.5. The predicted octanol–water partition coefficient (Wildman–Crippen LogP) is 3.59. The Labute approximate surface area is 192 Å².